The Kier molecular flexibility index (Phi) is 7.14. The molecule has 0 bridgehead atoms. The first-order chi connectivity index (χ1) is 16.5. The summed E-state index contributed by atoms with van der Waals surface area (Å²) in [4.78, 5) is 36.2. The zero-order chi connectivity index (χ0) is 23.9. The summed E-state index contributed by atoms with van der Waals surface area (Å²) in [5.74, 6) is -0.224. The molecule has 1 atom stereocenters. The van der Waals surface area contributed by atoms with Crippen molar-refractivity contribution in [3.05, 3.63) is 93.9 Å². The van der Waals surface area contributed by atoms with Crippen molar-refractivity contribution in [1.29, 1.82) is 0 Å². The van der Waals surface area contributed by atoms with Gasteiger partial charge in [0.05, 0.1) is 11.0 Å². The first-order valence-corrected chi connectivity index (χ1v) is 10.8. The molecule has 9 heteroatoms. The number of hydrogen-bond donors (Lipinski definition) is 2. The molecule has 0 radical (unpaired) electrons. The minimum absolute atomic E-state index is 0.00629. The number of nitrogens with zero attached hydrogens (tertiary/aromatic N) is 1. The normalized spacial score (nSPS) is 15.6. The minimum Gasteiger partial charge on any atom is -0.457 e. The lowest BCUT2D eigenvalue weighted by Gasteiger charge is -2.13. The summed E-state index contributed by atoms with van der Waals surface area (Å²) in [6.07, 6.45) is 3.17. The van der Waals surface area contributed by atoms with E-state index in [2.05, 4.69) is 10.6 Å². The van der Waals surface area contributed by atoms with Crippen LogP contribution < -0.4 is 10.6 Å². The molecule has 2 aromatic carbocycles. The lowest BCUT2D eigenvalue weighted by Crippen LogP contribution is -2.38. The fraction of sp³-hybridized carbons (Fsp3) is 0.200. The third-order valence-corrected chi connectivity index (χ3v) is 5.30. The Morgan fingerprint density at radius 1 is 1.09 bits per heavy atom. The van der Waals surface area contributed by atoms with Gasteiger partial charge in [0.2, 0.25) is 0 Å². The van der Waals surface area contributed by atoms with Crippen molar-refractivity contribution in [2.24, 2.45) is 0 Å². The van der Waals surface area contributed by atoms with Crippen LogP contribution in [-0.4, -0.2) is 36.0 Å². The molecule has 9 nitrogen and oxygen atoms in total. The molecule has 0 aliphatic carbocycles. The van der Waals surface area contributed by atoms with Gasteiger partial charge < -0.3 is 19.8 Å². The third-order valence-electron chi connectivity index (χ3n) is 5.30. The van der Waals surface area contributed by atoms with Crippen LogP contribution in [0.25, 0.3) is 17.4 Å². The third kappa shape index (κ3) is 5.76. The van der Waals surface area contributed by atoms with Crippen molar-refractivity contribution < 1.29 is 23.7 Å². The van der Waals surface area contributed by atoms with Gasteiger partial charge in [0.15, 0.2) is 0 Å². The van der Waals surface area contributed by atoms with Crippen molar-refractivity contribution in [2.45, 2.75) is 18.9 Å². The molecule has 0 saturated carbocycles. The number of hydrogen-bond acceptors (Lipinski definition) is 6. The summed E-state index contributed by atoms with van der Waals surface area (Å²) < 4.78 is 11.3. The van der Waals surface area contributed by atoms with Crippen LogP contribution in [0.4, 0.5) is 5.69 Å². The number of nitrogens with one attached hydrogen (secondary N) is 2. The molecule has 34 heavy (non-hydrogen) atoms. The van der Waals surface area contributed by atoms with Crippen molar-refractivity contribution in [1.82, 2.24) is 10.6 Å². The van der Waals surface area contributed by atoms with Crippen molar-refractivity contribution in [2.75, 3.05) is 13.2 Å². The Bertz CT molecular complexity index is 1210. The quantitative estimate of drug-likeness (QED) is 0.298. The van der Waals surface area contributed by atoms with E-state index in [0.717, 1.165) is 12.8 Å². The lowest BCUT2D eigenvalue weighted by molar-refractivity contribution is -0.384. The van der Waals surface area contributed by atoms with Gasteiger partial charge in [-0.3, -0.25) is 19.7 Å². The first kappa shape index (κ1) is 22.9. The van der Waals surface area contributed by atoms with Crippen molar-refractivity contribution in [3.63, 3.8) is 0 Å². The molecular formula is C25H23N3O6. The van der Waals surface area contributed by atoms with Gasteiger partial charge in [0.25, 0.3) is 17.5 Å². The molecule has 3 aromatic rings. The maximum absolute atomic E-state index is 12.9. The molecule has 1 aliphatic heterocycles. The number of nitro groups is 1. The molecule has 174 valence electrons. The number of amides is 2. The van der Waals surface area contributed by atoms with E-state index < -0.39 is 16.7 Å². The topological polar surface area (TPSA) is 124 Å². The molecule has 1 aromatic heterocycles. The molecule has 2 heterocycles. The fourth-order valence-corrected chi connectivity index (χ4v) is 3.55. The number of benzene rings is 2. The molecule has 0 spiro atoms. The second kappa shape index (κ2) is 10.6. The number of rotatable bonds is 8. The Labute approximate surface area is 195 Å². The van der Waals surface area contributed by atoms with Crippen LogP contribution in [0.2, 0.25) is 0 Å². The second-order valence-corrected chi connectivity index (χ2v) is 7.73. The largest absolute Gasteiger partial charge is 0.457 e. The highest BCUT2D eigenvalue weighted by molar-refractivity contribution is 6.05. The average molecular weight is 461 g/mol. The van der Waals surface area contributed by atoms with Gasteiger partial charge in [0, 0.05) is 42.5 Å². The summed E-state index contributed by atoms with van der Waals surface area (Å²) >= 11 is 0. The van der Waals surface area contributed by atoms with E-state index in [0.29, 0.717) is 35.8 Å². The van der Waals surface area contributed by atoms with Crippen LogP contribution in [0.15, 0.2) is 76.8 Å². The Balaban J connectivity index is 1.56. The summed E-state index contributed by atoms with van der Waals surface area (Å²) in [5.41, 5.74) is 0.866. The van der Waals surface area contributed by atoms with Gasteiger partial charge in [-0.25, -0.2) is 0 Å². The molecular weight excluding hydrogens is 438 g/mol. The highest BCUT2D eigenvalue weighted by Gasteiger charge is 2.20. The van der Waals surface area contributed by atoms with E-state index in [-0.39, 0.29) is 17.5 Å². The first-order valence-electron chi connectivity index (χ1n) is 10.8. The molecule has 1 saturated heterocycles. The van der Waals surface area contributed by atoms with E-state index in [1.165, 1.54) is 18.2 Å². The predicted octanol–water partition coefficient (Wildman–Crippen LogP) is 3.92. The Morgan fingerprint density at radius 3 is 2.65 bits per heavy atom. The maximum atomic E-state index is 12.9. The average Bonchev–Trinajstić information content (AvgIpc) is 3.55. The Hall–Kier alpha value is -4.24. The number of furan rings is 1. The number of ether oxygens (including phenoxy) is 1. The predicted molar refractivity (Wildman–Crippen MR) is 125 cm³/mol. The minimum atomic E-state index is -0.483. The maximum Gasteiger partial charge on any atom is 0.270 e. The smallest absolute Gasteiger partial charge is 0.270 e. The number of non-ortho nitro benzene ring substituents is 1. The van der Waals surface area contributed by atoms with Gasteiger partial charge in [0.1, 0.15) is 17.2 Å². The van der Waals surface area contributed by atoms with Crippen molar-refractivity contribution in [3.8, 4) is 11.3 Å². The summed E-state index contributed by atoms with van der Waals surface area (Å²) in [7, 11) is 0. The molecule has 0 unspecified atom stereocenters. The zero-order valence-corrected chi connectivity index (χ0v) is 18.2. The molecule has 1 aliphatic rings. The summed E-state index contributed by atoms with van der Waals surface area (Å²) in [5, 5.41) is 16.5. The van der Waals surface area contributed by atoms with E-state index >= 15 is 0 Å². The van der Waals surface area contributed by atoms with Gasteiger partial charge >= 0.3 is 0 Å². The van der Waals surface area contributed by atoms with Gasteiger partial charge in [-0.15, -0.1) is 0 Å². The van der Waals surface area contributed by atoms with Crippen LogP contribution >= 0.6 is 0 Å². The van der Waals surface area contributed by atoms with Gasteiger partial charge in [-0.1, -0.05) is 30.3 Å². The lowest BCUT2D eigenvalue weighted by atomic mass is 10.1. The molecule has 2 N–H and O–H groups in total. The van der Waals surface area contributed by atoms with E-state index in [9.17, 15) is 19.7 Å². The van der Waals surface area contributed by atoms with Crippen molar-refractivity contribution >= 4 is 23.6 Å². The zero-order valence-electron chi connectivity index (χ0n) is 18.2. The standard InChI is InChI=1S/C25H23N3O6/c29-24(17-6-2-1-3-7-17)27-22(25(30)26-16-21-10-5-13-33-21)15-20-11-12-23(34-20)18-8-4-9-19(14-18)28(31)32/h1-4,6-9,11-12,14-15,21H,5,10,13,16H2,(H,26,30)(H,27,29)/b22-15+/t21-/m0/s1. The number of nitro benzene ring substituents is 1. The highest BCUT2D eigenvalue weighted by Crippen LogP contribution is 2.26. The van der Waals surface area contributed by atoms with Crippen LogP contribution in [0.3, 0.4) is 0 Å². The SMILES string of the molecule is O=C(NC[C@@H]1CCCO1)/C(=C\c1ccc(-c2cccc([N+](=O)[O-])c2)o1)NC(=O)c1ccccc1. The second-order valence-electron chi connectivity index (χ2n) is 7.73. The van der Waals surface area contributed by atoms with E-state index in [4.69, 9.17) is 9.15 Å². The summed E-state index contributed by atoms with van der Waals surface area (Å²) in [6, 6.07) is 17.8. The van der Waals surface area contributed by atoms with E-state index in [1.54, 1.807) is 54.6 Å². The van der Waals surface area contributed by atoms with Crippen LogP contribution in [0.1, 0.15) is 29.0 Å². The number of carbonyl (C=O) groups excluding carboxylic acids is 2. The monoisotopic (exact) mass is 461 g/mol. The van der Waals surface area contributed by atoms with Gasteiger partial charge in [-0.2, -0.15) is 0 Å². The Morgan fingerprint density at radius 2 is 1.91 bits per heavy atom. The molecule has 2 amide bonds. The molecule has 4 rings (SSSR count). The molecule has 1 fully saturated rings. The van der Waals surface area contributed by atoms with Crippen LogP contribution in [0.5, 0.6) is 0 Å². The number of carbonyl (C=O) groups is 2. The van der Waals surface area contributed by atoms with Crippen LogP contribution in [0, 0.1) is 10.1 Å². The van der Waals surface area contributed by atoms with Crippen LogP contribution in [-0.2, 0) is 9.53 Å². The van der Waals surface area contributed by atoms with Gasteiger partial charge in [-0.05, 0) is 37.1 Å². The fourth-order valence-electron chi connectivity index (χ4n) is 3.55. The summed E-state index contributed by atoms with van der Waals surface area (Å²) in [6.45, 7) is 0.995. The highest BCUT2D eigenvalue weighted by atomic mass is 16.6. The van der Waals surface area contributed by atoms with E-state index in [1.807, 2.05) is 0 Å².